The molecule has 1 rings (SSSR count). The summed E-state index contributed by atoms with van der Waals surface area (Å²) < 4.78 is 0. The number of rotatable bonds is 6. The van der Waals surface area contributed by atoms with E-state index < -0.39 is 0 Å². The van der Waals surface area contributed by atoms with Crippen molar-refractivity contribution < 1.29 is 0 Å². The molecular formula is C14H18N2. The Morgan fingerprint density at radius 2 is 2.06 bits per heavy atom. The van der Waals surface area contributed by atoms with Crippen LogP contribution < -0.4 is 5.32 Å². The third-order valence-corrected chi connectivity index (χ3v) is 2.32. The SMILES string of the molecule is CCCCNC/C=C/c1ccc(C#N)cc1. The van der Waals surface area contributed by atoms with Crippen molar-refractivity contribution in [3.05, 3.63) is 41.5 Å². The van der Waals surface area contributed by atoms with Crippen molar-refractivity contribution in [2.24, 2.45) is 0 Å². The summed E-state index contributed by atoms with van der Waals surface area (Å²) >= 11 is 0. The van der Waals surface area contributed by atoms with Crippen LogP contribution >= 0.6 is 0 Å². The number of benzene rings is 1. The van der Waals surface area contributed by atoms with E-state index in [0.717, 1.165) is 18.7 Å². The second-order valence-corrected chi connectivity index (χ2v) is 3.69. The maximum absolute atomic E-state index is 8.65. The molecule has 1 N–H and O–H groups in total. The Bertz CT molecular complexity index is 357. The molecule has 0 aliphatic heterocycles. The summed E-state index contributed by atoms with van der Waals surface area (Å²) in [5.74, 6) is 0. The Labute approximate surface area is 97.6 Å². The van der Waals surface area contributed by atoms with Gasteiger partial charge in [-0.3, -0.25) is 0 Å². The van der Waals surface area contributed by atoms with E-state index in [0.29, 0.717) is 5.56 Å². The average molecular weight is 214 g/mol. The molecule has 2 heteroatoms. The molecule has 0 bridgehead atoms. The first-order valence-corrected chi connectivity index (χ1v) is 5.74. The van der Waals surface area contributed by atoms with E-state index in [1.54, 1.807) is 0 Å². The van der Waals surface area contributed by atoms with Gasteiger partial charge in [0.1, 0.15) is 0 Å². The van der Waals surface area contributed by atoms with Crippen LogP contribution in [0.4, 0.5) is 0 Å². The molecule has 0 saturated heterocycles. The predicted molar refractivity (Wildman–Crippen MR) is 68.0 cm³/mol. The lowest BCUT2D eigenvalue weighted by atomic mass is 10.1. The van der Waals surface area contributed by atoms with E-state index in [4.69, 9.17) is 5.26 Å². The van der Waals surface area contributed by atoms with Gasteiger partial charge in [0.15, 0.2) is 0 Å². The van der Waals surface area contributed by atoms with E-state index >= 15 is 0 Å². The van der Waals surface area contributed by atoms with Crippen LogP contribution in [0.25, 0.3) is 6.08 Å². The minimum atomic E-state index is 0.707. The van der Waals surface area contributed by atoms with E-state index in [2.05, 4.69) is 30.5 Å². The van der Waals surface area contributed by atoms with E-state index in [1.807, 2.05) is 24.3 Å². The summed E-state index contributed by atoms with van der Waals surface area (Å²) in [5.41, 5.74) is 1.84. The number of nitriles is 1. The molecule has 0 heterocycles. The third kappa shape index (κ3) is 4.77. The maximum atomic E-state index is 8.65. The van der Waals surface area contributed by atoms with Gasteiger partial charge in [-0.25, -0.2) is 0 Å². The summed E-state index contributed by atoms with van der Waals surface area (Å²) in [7, 11) is 0. The summed E-state index contributed by atoms with van der Waals surface area (Å²) in [6.07, 6.45) is 6.63. The largest absolute Gasteiger partial charge is 0.313 e. The van der Waals surface area contributed by atoms with Gasteiger partial charge < -0.3 is 5.32 Å². The van der Waals surface area contributed by atoms with Gasteiger partial charge in [-0.2, -0.15) is 5.26 Å². The first-order chi connectivity index (χ1) is 7.86. The summed E-state index contributed by atoms with van der Waals surface area (Å²) in [5, 5.41) is 12.0. The molecule has 1 aromatic rings. The Morgan fingerprint density at radius 3 is 2.69 bits per heavy atom. The molecule has 0 aromatic heterocycles. The summed E-state index contributed by atoms with van der Waals surface area (Å²) in [6, 6.07) is 9.70. The highest BCUT2D eigenvalue weighted by Crippen LogP contribution is 2.04. The van der Waals surface area contributed by atoms with Crippen LogP contribution in [0, 0.1) is 11.3 Å². The number of nitrogens with one attached hydrogen (secondary N) is 1. The molecule has 2 nitrogen and oxygen atoms in total. The molecule has 0 atom stereocenters. The number of nitrogens with zero attached hydrogens (tertiary/aromatic N) is 1. The lowest BCUT2D eigenvalue weighted by Crippen LogP contribution is -2.14. The molecule has 0 spiro atoms. The Kier molecular flexibility index (Phi) is 5.98. The maximum Gasteiger partial charge on any atom is 0.0991 e. The van der Waals surface area contributed by atoms with Crippen molar-refractivity contribution in [2.45, 2.75) is 19.8 Å². The molecule has 0 amide bonds. The predicted octanol–water partition coefficient (Wildman–Crippen LogP) is 2.96. The van der Waals surface area contributed by atoms with Crippen molar-refractivity contribution >= 4 is 6.08 Å². The highest BCUT2D eigenvalue weighted by molar-refractivity contribution is 5.50. The monoisotopic (exact) mass is 214 g/mol. The standard InChI is InChI=1S/C14H18N2/c1-2-3-10-16-11-4-5-13-6-8-14(12-15)9-7-13/h4-9,16H,2-3,10-11H2,1H3/b5-4+. The quantitative estimate of drug-likeness (QED) is 0.739. The van der Waals surface area contributed by atoms with Gasteiger partial charge >= 0.3 is 0 Å². The minimum absolute atomic E-state index is 0.707. The highest BCUT2D eigenvalue weighted by atomic mass is 14.8. The Balaban J connectivity index is 2.30. The van der Waals surface area contributed by atoms with Crippen LogP contribution in [0.3, 0.4) is 0 Å². The van der Waals surface area contributed by atoms with Gasteiger partial charge in [0.05, 0.1) is 11.6 Å². The van der Waals surface area contributed by atoms with Gasteiger partial charge in [-0.05, 0) is 30.7 Å². The van der Waals surface area contributed by atoms with Crippen LogP contribution in [0.5, 0.6) is 0 Å². The summed E-state index contributed by atoms with van der Waals surface area (Å²) in [4.78, 5) is 0. The molecule has 0 fully saturated rings. The smallest absolute Gasteiger partial charge is 0.0991 e. The number of hydrogen-bond acceptors (Lipinski definition) is 2. The Hall–Kier alpha value is -1.59. The second kappa shape index (κ2) is 7.67. The minimum Gasteiger partial charge on any atom is -0.313 e. The van der Waals surface area contributed by atoms with Crippen molar-refractivity contribution in [3.8, 4) is 6.07 Å². The lowest BCUT2D eigenvalue weighted by molar-refractivity contribution is 0.682. The van der Waals surface area contributed by atoms with Crippen molar-refractivity contribution in [2.75, 3.05) is 13.1 Å². The second-order valence-electron chi connectivity index (χ2n) is 3.69. The van der Waals surface area contributed by atoms with Gasteiger partial charge in [0, 0.05) is 6.54 Å². The molecule has 0 unspecified atom stereocenters. The highest BCUT2D eigenvalue weighted by Gasteiger charge is 1.89. The molecule has 0 radical (unpaired) electrons. The normalized spacial score (nSPS) is 10.5. The number of hydrogen-bond donors (Lipinski definition) is 1. The molecule has 0 saturated carbocycles. The molecule has 0 aliphatic carbocycles. The van der Waals surface area contributed by atoms with Crippen molar-refractivity contribution in [1.29, 1.82) is 5.26 Å². The lowest BCUT2D eigenvalue weighted by Gasteiger charge is -1.98. The summed E-state index contributed by atoms with van der Waals surface area (Å²) in [6.45, 7) is 4.17. The fraction of sp³-hybridized carbons (Fsp3) is 0.357. The first-order valence-electron chi connectivity index (χ1n) is 5.74. The van der Waals surface area contributed by atoms with Crippen molar-refractivity contribution in [1.82, 2.24) is 5.32 Å². The molecule has 16 heavy (non-hydrogen) atoms. The third-order valence-electron chi connectivity index (χ3n) is 2.32. The number of unbranched alkanes of at least 4 members (excludes halogenated alkanes) is 1. The Morgan fingerprint density at radius 1 is 1.31 bits per heavy atom. The van der Waals surface area contributed by atoms with Crippen LogP contribution in [0.1, 0.15) is 30.9 Å². The molecular weight excluding hydrogens is 196 g/mol. The zero-order valence-corrected chi connectivity index (χ0v) is 9.74. The first kappa shape index (κ1) is 12.5. The molecule has 1 aromatic carbocycles. The van der Waals surface area contributed by atoms with Gasteiger partial charge in [-0.1, -0.05) is 37.6 Å². The fourth-order valence-corrected chi connectivity index (χ4v) is 1.35. The molecule has 84 valence electrons. The van der Waals surface area contributed by atoms with E-state index in [9.17, 15) is 0 Å². The van der Waals surface area contributed by atoms with Crippen LogP contribution in [0.15, 0.2) is 30.3 Å². The van der Waals surface area contributed by atoms with Crippen LogP contribution in [-0.4, -0.2) is 13.1 Å². The van der Waals surface area contributed by atoms with E-state index in [1.165, 1.54) is 12.8 Å². The van der Waals surface area contributed by atoms with Gasteiger partial charge in [-0.15, -0.1) is 0 Å². The van der Waals surface area contributed by atoms with Crippen LogP contribution in [-0.2, 0) is 0 Å². The molecule has 0 aliphatic rings. The zero-order chi connectivity index (χ0) is 11.6. The van der Waals surface area contributed by atoms with Gasteiger partial charge in [0.2, 0.25) is 0 Å². The van der Waals surface area contributed by atoms with E-state index in [-0.39, 0.29) is 0 Å². The van der Waals surface area contributed by atoms with Gasteiger partial charge in [0.25, 0.3) is 0 Å². The fourth-order valence-electron chi connectivity index (χ4n) is 1.35. The average Bonchev–Trinajstić information content (AvgIpc) is 2.34. The zero-order valence-electron chi connectivity index (χ0n) is 9.74. The van der Waals surface area contributed by atoms with Crippen LogP contribution in [0.2, 0.25) is 0 Å². The van der Waals surface area contributed by atoms with Crippen molar-refractivity contribution in [3.63, 3.8) is 0 Å². The topological polar surface area (TPSA) is 35.8 Å².